The molecule has 0 radical (unpaired) electrons. The van der Waals surface area contributed by atoms with Crippen LogP contribution >= 0.6 is 0 Å². The van der Waals surface area contributed by atoms with E-state index in [4.69, 9.17) is 5.11 Å². The van der Waals surface area contributed by atoms with Gasteiger partial charge < -0.3 is 20.8 Å². The fourth-order valence-corrected chi connectivity index (χ4v) is 4.06. The second-order valence-corrected chi connectivity index (χ2v) is 9.44. The number of aromatic hydroxyl groups is 1. The summed E-state index contributed by atoms with van der Waals surface area (Å²) in [6.45, 7) is -0.460. The van der Waals surface area contributed by atoms with Crippen LogP contribution in [0.2, 0.25) is 0 Å². The Morgan fingerprint density at radius 2 is 1.53 bits per heavy atom. The average Bonchev–Trinajstić information content (AvgIpc) is 2.88. The number of amides is 3. The summed E-state index contributed by atoms with van der Waals surface area (Å²) >= 11 is 0. The lowest BCUT2D eigenvalue weighted by molar-refractivity contribution is -0.135. The van der Waals surface area contributed by atoms with Crippen LogP contribution in [0.25, 0.3) is 0 Å². The van der Waals surface area contributed by atoms with Crippen molar-refractivity contribution in [3.8, 4) is 5.75 Å². The summed E-state index contributed by atoms with van der Waals surface area (Å²) in [7, 11) is -4.38. The lowest BCUT2D eigenvalue weighted by Gasteiger charge is -2.10. The number of sulfonamides is 1. The van der Waals surface area contributed by atoms with E-state index in [-0.39, 0.29) is 22.8 Å². The smallest absolute Gasteiger partial charge is 0.322 e. The summed E-state index contributed by atoms with van der Waals surface area (Å²) in [5, 5.41) is 23.2. The number of halogens is 1. The number of pyridine rings is 1. The van der Waals surface area contributed by atoms with Crippen LogP contribution in [0.15, 0.2) is 65.7 Å². The molecule has 0 saturated carbocycles. The highest BCUT2D eigenvalue weighted by Crippen LogP contribution is 2.17. The Morgan fingerprint density at radius 3 is 2.13 bits per heavy atom. The molecule has 3 aromatic rings. The summed E-state index contributed by atoms with van der Waals surface area (Å²) < 4.78 is 39.9. The van der Waals surface area contributed by atoms with Crippen molar-refractivity contribution in [1.82, 2.24) is 20.3 Å². The van der Waals surface area contributed by atoms with Crippen LogP contribution in [-0.4, -0.2) is 60.4 Å². The average molecular weight is 545 g/mol. The standard InChI is InChI=1S/C24H21FN4O8S/c25-17-5-1-14(2-6-17)9-10-26-22(33)15-3-7-18(8-4-15)38(36,37)29-23(34)16-11-19(30)21(27-12-16)24(35)28-13-20(31)32/h1-8,11-12,30H,9-10,13H2,(H,26,33)(H,28,35)(H,29,34)(H,31,32). The Labute approximate surface area is 215 Å². The fourth-order valence-electron chi connectivity index (χ4n) is 3.09. The van der Waals surface area contributed by atoms with Gasteiger partial charge >= 0.3 is 5.97 Å². The quantitative estimate of drug-likeness (QED) is 0.246. The minimum Gasteiger partial charge on any atom is -0.505 e. The molecule has 2 aromatic carbocycles. The topological polar surface area (TPSA) is 192 Å². The van der Waals surface area contributed by atoms with Gasteiger partial charge in [-0.2, -0.15) is 0 Å². The number of hydrogen-bond acceptors (Lipinski definition) is 8. The van der Waals surface area contributed by atoms with Crippen LogP contribution in [0.3, 0.4) is 0 Å². The first-order valence-corrected chi connectivity index (χ1v) is 12.3. The maximum atomic E-state index is 13.0. The van der Waals surface area contributed by atoms with Crippen molar-refractivity contribution in [3.05, 3.63) is 89.0 Å². The third-order valence-electron chi connectivity index (χ3n) is 5.01. The molecule has 12 nitrogen and oxygen atoms in total. The fraction of sp³-hybridized carbons (Fsp3) is 0.125. The number of hydrogen-bond donors (Lipinski definition) is 5. The Hall–Kier alpha value is -4.85. The highest BCUT2D eigenvalue weighted by Gasteiger charge is 2.22. The number of carboxylic acid groups (broad SMARTS) is 1. The van der Waals surface area contributed by atoms with Crippen molar-refractivity contribution < 1.29 is 42.2 Å². The number of carbonyl (C=O) groups is 4. The zero-order chi connectivity index (χ0) is 27.9. The largest absolute Gasteiger partial charge is 0.505 e. The van der Waals surface area contributed by atoms with Crippen LogP contribution in [0.4, 0.5) is 4.39 Å². The Balaban J connectivity index is 1.60. The van der Waals surface area contributed by atoms with E-state index in [0.29, 0.717) is 6.42 Å². The van der Waals surface area contributed by atoms with Crippen molar-refractivity contribution in [1.29, 1.82) is 0 Å². The zero-order valence-corrected chi connectivity index (χ0v) is 20.3. The van der Waals surface area contributed by atoms with Crippen LogP contribution in [0.1, 0.15) is 36.8 Å². The Bertz CT molecular complexity index is 1480. The summed E-state index contributed by atoms with van der Waals surface area (Å²) in [5.41, 5.74) is 0.0407. The van der Waals surface area contributed by atoms with Crippen molar-refractivity contribution in [3.63, 3.8) is 0 Å². The van der Waals surface area contributed by atoms with Gasteiger partial charge in [-0.25, -0.2) is 22.5 Å². The SMILES string of the molecule is O=C(O)CNC(=O)c1ncc(C(=O)NS(=O)(=O)c2ccc(C(=O)NCCc3ccc(F)cc3)cc2)cc1O. The number of carbonyl (C=O) groups excluding carboxylic acids is 3. The van der Waals surface area contributed by atoms with E-state index in [2.05, 4.69) is 10.3 Å². The lowest BCUT2D eigenvalue weighted by atomic mass is 10.1. The van der Waals surface area contributed by atoms with E-state index in [0.717, 1.165) is 30.0 Å². The van der Waals surface area contributed by atoms with E-state index >= 15 is 0 Å². The maximum absolute atomic E-state index is 13.0. The lowest BCUT2D eigenvalue weighted by Crippen LogP contribution is -2.32. The molecule has 1 aromatic heterocycles. The van der Waals surface area contributed by atoms with Gasteiger partial charge in [0, 0.05) is 18.3 Å². The molecule has 0 aliphatic rings. The monoisotopic (exact) mass is 544 g/mol. The van der Waals surface area contributed by atoms with Gasteiger partial charge in [0.15, 0.2) is 5.69 Å². The number of aromatic nitrogens is 1. The molecule has 0 saturated heterocycles. The molecular formula is C24H21FN4O8S. The molecule has 0 unspecified atom stereocenters. The van der Waals surface area contributed by atoms with Gasteiger partial charge in [-0.3, -0.25) is 19.2 Å². The molecule has 0 spiro atoms. The minimum absolute atomic E-state index is 0.167. The normalized spacial score (nSPS) is 10.9. The first kappa shape index (κ1) is 27.7. The third kappa shape index (κ3) is 7.33. The number of nitrogens with zero attached hydrogens (tertiary/aromatic N) is 1. The van der Waals surface area contributed by atoms with E-state index in [9.17, 15) is 37.1 Å². The van der Waals surface area contributed by atoms with E-state index in [1.54, 1.807) is 16.9 Å². The summed E-state index contributed by atoms with van der Waals surface area (Å²) in [5.74, 6) is -5.09. The Morgan fingerprint density at radius 1 is 0.868 bits per heavy atom. The van der Waals surface area contributed by atoms with Crippen molar-refractivity contribution in [2.75, 3.05) is 13.1 Å². The molecular weight excluding hydrogens is 523 g/mol. The summed E-state index contributed by atoms with van der Waals surface area (Å²) in [4.78, 5) is 50.4. The van der Waals surface area contributed by atoms with Gasteiger partial charge in [-0.05, 0) is 54.4 Å². The molecule has 5 N–H and O–H groups in total. The van der Waals surface area contributed by atoms with E-state index in [1.165, 1.54) is 24.3 Å². The van der Waals surface area contributed by atoms with Crippen LogP contribution in [0.5, 0.6) is 5.75 Å². The number of nitrogens with one attached hydrogen (secondary N) is 3. The van der Waals surface area contributed by atoms with Crippen molar-refractivity contribution in [2.45, 2.75) is 11.3 Å². The second-order valence-electron chi connectivity index (χ2n) is 7.76. The molecule has 14 heteroatoms. The highest BCUT2D eigenvalue weighted by molar-refractivity contribution is 7.90. The van der Waals surface area contributed by atoms with E-state index < -0.39 is 57.3 Å². The first-order chi connectivity index (χ1) is 18.0. The van der Waals surface area contributed by atoms with Crippen LogP contribution < -0.4 is 15.4 Å². The molecule has 0 bridgehead atoms. The van der Waals surface area contributed by atoms with Crippen LogP contribution in [0, 0.1) is 5.82 Å². The van der Waals surface area contributed by atoms with Gasteiger partial charge in [0.2, 0.25) is 0 Å². The van der Waals surface area contributed by atoms with Crippen LogP contribution in [-0.2, 0) is 21.2 Å². The minimum atomic E-state index is -4.38. The third-order valence-corrected chi connectivity index (χ3v) is 6.36. The van der Waals surface area contributed by atoms with Gasteiger partial charge in [0.05, 0.1) is 10.5 Å². The maximum Gasteiger partial charge on any atom is 0.322 e. The predicted octanol–water partition coefficient (Wildman–Crippen LogP) is 0.832. The summed E-state index contributed by atoms with van der Waals surface area (Å²) in [6, 6.07) is 11.4. The first-order valence-electron chi connectivity index (χ1n) is 10.8. The molecule has 0 atom stereocenters. The highest BCUT2D eigenvalue weighted by atomic mass is 32.2. The van der Waals surface area contributed by atoms with Gasteiger partial charge in [0.1, 0.15) is 18.1 Å². The number of carboxylic acids is 1. The molecule has 1 heterocycles. The second kappa shape index (κ2) is 11.9. The zero-order valence-electron chi connectivity index (χ0n) is 19.5. The molecule has 0 fully saturated rings. The van der Waals surface area contributed by atoms with Gasteiger partial charge in [0.25, 0.3) is 27.7 Å². The molecule has 198 valence electrons. The summed E-state index contributed by atoms with van der Waals surface area (Å²) in [6.07, 6.45) is 1.29. The number of benzene rings is 2. The van der Waals surface area contributed by atoms with Crippen molar-refractivity contribution in [2.24, 2.45) is 0 Å². The number of rotatable bonds is 10. The molecule has 3 rings (SSSR count). The molecule has 0 aliphatic heterocycles. The Kier molecular flexibility index (Phi) is 8.70. The molecule has 0 aliphatic carbocycles. The van der Waals surface area contributed by atoms with Gasteiger partial charge in [-0.15, -0.1) is 0 Å². The molecule has 3 amide bonds. The number of aliphatic carboxylic acids is 1. The van der Waals surface area contributed by atoms with Gasteiger partial charge in [-0.1, -0.05) is 12.1 Å². The van der Waals surface area contributed by atoms with Crippen molar-refractivity contribution >= 4 is 33.7 Å². The molecule has 38 heavy (non-hydrogen) atoms. The predicted molar refractivity (Wildman–Crippen MR) is 129 cm³/mol. The van der Waals surface area contributed by atoms with E-state index in [1.807, 2.05) is 5.32 Å².